The first-order valence-electron chi connectivity index (χ1n) is 4.22. The van der Waals surface area contributed by atoms with E-state index in [4.69, 9.17) is 9.47 Å². The zero-order valence-electron chi connectivity index (χ0n) is 7.78. The van der Waals surface area contributed by atoms with E-state index in [9.17, 15) is 5.11 Å². The molecular formula is C8H17NO3. The Morgan fingerprint density at radius 2 is 2.25 bits per heavy atom. The summed E-state index contributed by atoms with van der Waals surface area (Å²) in [7, 11) is 3.41. The van der Waals surface area contributed by atoms with E-state index in [1.807, 2.05) is 14.0 Å². The van der Waals surface area contributed by atoms with Crippen molar-refractivity contribution < 1.29 is 14.6 Å². The van der Waals surface area contributed by atoms with Gasteiger partial charge in [0, 0.05) is 13.5 Å². The van der Waals surface area contributed by atoms with E-state index in [-0.39, 0.29) is 24.5 Å². The Labute approximate surface area is 72.9 Å². The second-order valence-corrected chi connectivity index (χ2v) is 3.12. The second kappa shape index (κ2) is 4.18. The number of aliphatic hydroxyl groups excluding tert-OH is 1. The van der Waals surface area contributed by atoms with E-state index in [2.05, 4.69) is 5.32 Å². The summed E-state index contributed by atoms with van der Waals surface area (Å²) in [6, 6.07) is 0.0106. The van der Waals surface area contributed by atoms with E-state index in [0.717, 1.165) is 0 Å². The predicted octanol–water partition coefficient (Wildman–Crippen LogP) is -0.283. The molecule has 1 heterocycles. The molecule has 0 spiro atoms. The second-order valence-electron chi connectivity index (χ2n) is 3.12. The molecule has 1 saturated heterocycles. The maximum atomic E-state index is 9.62. The molecule has 1 rings (SSSR count). The first-order chi connectivity index (χ1) is 5.69. The molecule has 0 radical (unpaired) electrons. The largest absolute Gasteiger partial charge is 0.391 e. The highest BCUT2D eigenvalue weighted by molar-refractivity contribution is 4.85. The van der Waals surface area contributed by atoms with Crippen LogP contribution in [0.15, 0.2) is 0 Å². The molecule has 1 fully saturated rings. The lowest BCUT2D eigenvalue weighted by atomic mass is 10.00. The number of aliphatic hydroxyl groups is 1. The highest BCUT2D eigenvalue weighted by atomic mass is 16.7. The molecule has 4 nitrogen and oxygen atoms in total. The van der Waals surface area contributed by atoms with Gasteiger partial charge in [-0.1, -0.05) is 0 Å². The highest BCUT2D eigenvalue weighted by Gasteiger charge is 2.34. The first kappa shape index (κ1) is 9.92. The Morgan fingerprint density at radius 1 is 1.58 bits per heavy atom. The van der Waals surface area contributed by atoms with Crippen molar-refractivity contribution in [2.24, 2.45) is 0 Å². The van der Waals surface area contributed by atoms with Crippen LogP contribution in [0.5, 0.6) is 0 Å². The summed E-state index contributed by atoms with van der Waals surface area (Å²) in [6.07, 6.45) is -0.126. The lowest BCUT2D eigenvalue weighted by molar-refractivity contribution is -0.209. The minimum atomic E-state index is -0.385. The smallest absolute Gasteiger partial charge is 0.160 e. The molecule has 1 aliphatic rings. The fraction of sp³-hybridized carbons (Fsp3) is 1.00. The summed E-state index contributed by atoms with van der Waals surface area (Å²) < 4.78 is 10.5. The van der Waals surface area contributed by atoms with Gasteiger partial charge in [-0.15, -0.1) is 0 Å². The molecule has 0 aliphatic carbocycles. The molecule has 0 unspecified atom stereocenters. The number of likely N-dealkylation sites (N-methyl/N-ethyl adjacent to an activating group) is 1. The van der Waals surface area contributed by atoms with E-state index in [0.29, 0.717) is 6.42 Å². The van der Waals surface area contributed by atoms with Gasteiger partial charge < -0.3 is 19.9 Å². The first-order valence-corrected chi connectivity index (χ1v) is 4.22. The summed E-state index contributed by atoms with van der Waals surface area (Å²) in [5.41, 5.74) is 0. The lowest BCUT2D eigenvalue weighted by Crippen LogP contribution is -2.53. The molecule has 72 valence electrons. The fourth-order valence-corrected chi connectivity index (χ4v) is 1.62. The van der Waals surface area contributed by atoms with Crippen LogP contribution in [-0.4, -0.2) is 43.8 Å². The molecule has 12 heavy (non-hydrogen) atoms. The van der Waals surface area contributed by atoms with Crippen molar-refractivity contribution in [1.82, 2.24) is 5.32 Å². The Bertz CT molecular complexity index is 130. The van der Waals surface area contributed by atoms with Crippen LogP contribution >= 0.6 is 0 Å². The molecule has 0 saturated carbocycles. The predicted molar refractivity (Wildman–Crippen MR) is 44.8 cm³/mol. The Balaban J connectivity index is 2.51. The quantitative estimate of drug-likeness (QED) is 0.606. The summed E-state index contributed by atoms with van der Waals surface area (Å²) >= 11 is 0. The van der Waals surface area contributed by atoms with Gasteiger partial charge in [0.25, 0.3) is 0 Å². The molecule has 0 aromatic carbocycles. The summed E-state index contributed by atoms with van der Waals surface area (Å²) in [5.74, 6) is 0. The van der Waals surface area contributed by atoms with Crippen molar-refractivity contribution in [3.8, 4) is 0 Å². The van der Waals surface area contributed by atoms with Crippen molar-refractivity contribution >= 4 is 0 Å². The van der Waals surface area contributed by atoms with Gasteiger partial charge in [0.2, 0.25) is 0 Å². The third-order valence-electron chi connectivity index (χ3n) is 2.32. The molecule has 4 atom stereocenters. The van der Waals surface area contributed by atoms with E-state index in [1.165, 1.54) is 0 Å². The van der Waals surface area contributed by atoms with Crippen molar-refractivity contribution in [3.63, 3.8) is 0 Å². The van der Waals surface area contributed by atoms with Gasteiger partial charge in [-0.05, 0) is 14.0 Å². The minimum absolute atomic E-state index is 0.0105. The van der Waals surface area contributed by atoms with E-state index >= 15 is 0 Å². The van der Waals surface area contributed by atoms with Crippen LogP contribution in [0.25, 0.3) is 0 Å². The number of hydrogen-bond acceptors (Lipinski definition) is 4. The number of methoxy groups -OCH3 is 1. The Morgan fingerprint density at radius 3 is 2.67 bits per heavy atom. The average Bonchev–Trinajstić information content (AvgIpc) is 2.03. The standard InChI is InChI=1S/C8H17NO3/c1-5-8(9-2)6(10)4-7(11-3)12-5/h5-10H,4H2,1-3H3/t5-,6+,7+,8-/m1/s1. The zero-order chi connectivity index (χ0) is 9.14. The molecule has 4 heteroatoms. The number of ether oxygens (including phenoxy) is 2. The third kappa shape index (κ3) is 1.95. The molecular weight excluding hydrogens is 158 g/mol. The number of hydrogen-bond donors (Lipinski definition) is 2. The molecule has 1 aliphatic heterocycles. The monoisotopic (exact) mass is 175 g/mol. The van der Waals surface area contributed by atoms with E-state index in [1.54, 1.807) is 7.11 Å². The van der Waals surface area contributed by atoms with Crippen LogP contribution < -0.4 is 5.32 Å². The SMILES string of the molecule is CN[C@H]1[C@@H](O)C[C@@H](OC)O[C@@H]1C. The van der Waals surface area contributed by atoms with Crippen LogP contribution in [0.4, 0.5) is 0 Å². The van der Waals surface area contributed by atoms with Crippen LogP contribution in [-0.2, 0) is 9.47 Å². The maximum absolute atomic E-state index is 9.62. The van der Waals surface area contributed by atoms with Crippen molar-refractivity contribution in [3.05, 3.63) is 0 Å². The fourth-order valence-electron chi connectivity index (χ4n) is 1.62. The van der Waals surface area contributed by atoms with Gasteiger partial charge in [-0.3, -0.25) is 0 Å². The van der Waals surface area contributed by atoms with Crippen molar-refractivity contribution in [2.75, 3.05) is 14.2 Å². The minimum Gasteiger partial charge on any atom is -0.391 e. The molecule has 2 N–H and O–H groups in total. The van der Waals surface area contributed by atoms with Crippen molar-refractivity contribution in [2.45, 2.75) is 37.9 Å². The maximum Gasteiger partial charge on any atom is 0.160 e. The average molecular weight is 175 g/mol. The number of rotatable bonds is 2. The Kier molecular flexibility index (Phi) is 3.46. The third-order valence-corrected chi connectivity index (χ3v) is 2.32. The van der Waals surface area contributed by atoms with Crippen LogP contribution in [0.1, 0.15) is 13.3 Å². The van der Waals surface area contributed by atoms with Crippen molar-refractivity contribution in [1.29, 1.82) is 0 Å². The summed E-state index contributed by atoms with van der Waals surface area (Å²) in [4.78, 5) is 0. The molecule has 0 bridgehead atoms. The van der Waals surface area contributed by atoms with Gasteiger partial charge in [-0.2, -0.15) is 0 Å². The van der Waals surface area contributed by atoms with Gasteiger partial charge >= 0.3 is 0 Å². The molecule has 0 aromatic rings. The number of nitrogens with one attached hydrogen (secondary N) is 1. The summed E-state index contributed by atoms with van der Waals surface area (Å²) in [5, 5.41) is 12.6. The normalized spacial score (nSPS) is 43.0. The molecule has 0 aromatic heterocycles. The lowest BCUT2D eigenvalue weighted by Gasteiger charge is -2.37. The zero-order valence-corrected chi connectivity index (χ0v) is 7.78. The van der Waals surface area contributed by atoms with Crippen LogP contribution in [0, 0.1) is 0 Å². The van der Waals surface area contributed by atoms with Crippen LogP contribution in [0.3, 0.4) is 0 Å². The highest BCUT2D eigenvalue weighted by Crippen LogP contribution is 2.19. The van der Waals surface area contributed by atoms with Crippen LogP contribution in [0.2, 0.25) is 0 Å². The summed E-state index contributed by atoms with van der Waals surface area (Å²) in [6.45, 7) is 1.93. The Hall–Kier alpha value is -0.160. The molecule has 0 amide bonds. The van der Waals surface area contributed by atoms with E-state index < -0.39 is 0 Å². The van der Waals surface area contributed by atoms with Gasteiger partial charge in [0.1, 0.15) is 0 Å². The topological polar surface area (TPSA) is 50.7 Å². The van der Waals surface area contributed by atoms with Gasteiger partial charge in [0.05, 0.1) is 18.2 Å². The van der Waals surface area contributed by atoms with Gasteiger partial charge in [-0.25, -0.2) is 0 Å². The van der Waals surface area contributed by atoms with Gasteiger partial charge in [0.15, 0.2) is 6.29 Å².